The maximum absolute atomic E-state index is 12.9. The van der Waals surface area contributed by atoms with Crippen molar-refractivity contribution >= 4 is 17.9 Å². The van der Waals surface area contributed by atoms with Crippen LogP contribution in [0.3, 0.4) is 0 Å². The van der Waals surface area contributed by atoms with Crippen LogP contribution in [0.5, 0.6) is 0 Å². The normalized spacial score (nSPS) is 15.3. The van der Waals surface area contributed by atoms with Crippen LogP contribution in [0, 0.1) is 5.92 Å². The van der Waals surface area contributed by atoms with Gasteiger partial charge in [0.2, 0.25) is 0 Å². The van der Waals surface area contributed by atoms with Gasteiger partial charge < -0.3 is 23.7 Å². The molecule has 1 fully saturated rings. The molecule has 9 nitrogen and oxygen atoms in total. The monoisotopic (exact) mass is 806 g/mol. The fraction of sp³-hybridized carbons (Fsp3) is 0.854. The van der Waals surface area contributed by atoms with Crippen LogP contribution in [0.2, 0.25) is 0 Å². The van der Waals surface area contributed by atoms with Gasteiger partial charge in [-0.15, -0.1) is 0 Å². The van der Waals surface area contributed by atoms with Crippen LogP contribution in [0.25, 0.3) is 0 Å². The zero-order valence-corrected chi connectivity index (χ0v) is 37.3. The predicted molar refractivity (Wildman–Crippen MR) is 233 cm³/mol. The Morgan fingerprint density at radius 1 is 0.579 bits per heavy atom. The van der Waals surface area contributed by atoms with Crippen LogP contribution < -0.4 is 0 Å². The Hall–Kier alpha value is -2.23. The highest BCUT2D eigenvalue weighted by atomic mass is 16.7. The van der Waals surface area contributed by atoms with Crippen LogP contribution in [0.1, 0.15) is 201 Å². The first-order valence-corrected chi connectivity index (χ1v) is 23.6. The smallest absolute Gasteiger partial charge is 0.323 e. The highest BCUT2D eigenvalue weighted by Gasteiger charge is 2.30. The first-order chi connectivity index (χ1) is 27.9. The van der Waals surface area contributed by atoms with E-state index >= 15 is 0 Å². The highest BCUT2D eigenvalue weighted by Crippen LogP contribution is 2.18. The van der Waals surface area contributed by atoms with Gasteiger partial charge in [-0.25, -0.2) is 0 Å². The van der Waals surface area contributed by atoms with Crippen molar-refractivity contribution in [1.29, 1.82) is 0 Å². The van der Waals surface area contributed by atoms with Gasteiger partial charge in [0, 0.05) is 26.1 Å². The van der Waals surface area contributed by atoms with E-state index in [9.17, 15) is 14.4 Å². The van der Waals surface area contributed by atoms with Crippen LogP contribution >= 0.6 is 0 Å². The molecule has 0 aromatic heterocycles. The lowest BCUT2D eigenvalue weighted by Gasteiger charge is -2.21. The maximum Gasteiger partial charge on any atom is 0.323 e. The summed E-state index contributed by atoms with van der Waals surface area (Å²) in [5, 5.41) is 0. The van der Waals surface area contributed by atoms with E-state index in [1.807, 2.05) is 11.9 Å². The Kier molecular flexibility index (Phi) is 36.3. The molecular formula is C48H87NO8. The molecule has 0 aromatic rings. The highest BCUT2D eigenvalue weighted by molar-refractivity contribution is 5.76. The summed E-state index contributed by atoms with van der Waals surface area (Å²) in [6, 6.07) is -0.265. The van der Waals surface area contributed by atoms with Crippen molar-refractivity contribution in [3.05, 3.63) is 24.3 Å². The van der Waals surface area contributed by atoms with Gasteiger partial charge in [-0.2, -0.15) is 0 Å². The number of hydrogen-bond donors (Lipinski definition) is 0. The number of carbonyl (C=O) groups is 3. The van der Waals surface area contributed by atoms with Crippen molar-refractivity contribution in [1.82, 2.24) is 4.90 Å². The number of unbranched alkanes of at least 4 members (excludes halogenated alkanes) is 18. The summed E-state index contributed by atoms with van der Waals surface area (Å²) in [4.78, 5) is 40.4. The molecule has 332 valence electrons. The molecule has 0 aliphatic carbocycles. The number of likely N-dealkylation sites (N-methyl/N-ethyl adjacent to an activating group) is 1. The fourth-order valence-electron chi connectivity index (χ4n) is 6.94. The molecule has 1 saturated heterocycles. The summed E-state index contributed by atoms with van der Waals surface area (Å²) in [6.07, 6.45) is 37.8. The minimum absolute atomic E-state index is 0.00545. The number of carbonyl (C=O) groups excluding carboxylic acids is 3. The number of rotatable bonds is 40. The van der Waals surface area contributed by atoms with Gasteiger partial charge >= 0.3 is 17.9 Å². The van der Waals surface area contributed by atoms with Crippen molar-refractivity contribution in [2.75, 3.05) is 46.6 Å². The van der Waals surface area contributed by atoms with Gasteiger partial charge in [0.15, 0.2) is 6.29 Å². The molecule has 0 amide bonds. The van der Waals surface area contributed by atoms with Crippen molar-refractivity contribution in [2.24, 2.45) is 5.92 Å². The number of hydrogen-bond acceptors (Lipinski definition) is 9. The van der Waals surface area contributed by atoms with E-state index in [0.29, 0.717) is 26.1 Å². The van der Waals surface area contributed by atoms with Crippen molar-refractivity contribution < 1.29 is 38.1 Å². The second-order valence-corrected chi connectivity index (χ2v) is 16.2. The number of esters is 3. The number of ether oxygens (including phenoxy) is 5. The Bertz CT molecular complexity index is 998. The molecule has 0 N–H and O–H groups in total. The van der Waals surface area contributed by atoms with E-state index in [0.717, 1.165) is 90.0 Å². The summed E-state index contributed by atoms with van der Waals surface area (Å²) >= 11 is 0. The number of likely N-dealkylation sites (tertiary alicyclic amines) is 1. The van der Waals surface area contributed by atoms with E-state index in [4.69, 9.17) is 23.7 Å². The lowest BCUT2D eigenvalue weighted by atomic mass is 10.1. The number of allylic oxidation sites excluding steroid dienone is 4. The Morgan fingerprint density at radius 3 is 1.61 bits per heavy atom. The molecule has 0 spiro atoms. The second-order valence-electron chi connectivity index (χ2n) is 16.2. The van der Waals surface area contributed by atoms with Gasteiger partial charge in [0.05, 0.1) is 12.3 Å². The molecule has 0 bridgehead atoms. The van der Waals surface area contributed by atoms with E-state index < -0.39 is 12.2 Å². The molecule has 2 atom stereocenters. The fourth-order valence-corrected chi connectivity index (χ4v) is 6.94. The largest absolute Gasteiger partial charge is 0.465 e. The first-order valence-electron chi connectivity index (χ1n) is 23.6. The second kappa shape index (κ2) is 39.2. The standard InChI is InChI=1S/C48H87NO8/c1-5-8-11-14-17-18-19-20-21-22-23-24-25-26-29-34-45(50)55-40-43(42-57-48(52)44-33-32-37-49(44)4)41-56-46(51)35-36-47(53-38-30-27-15-12-9-6-2)54-39-31-28-16-13-10-7-3/h17-18,20-21,43-44,47H,5-16,19,22-42H2,1-4H3/b18-17-,21-20-/t43?,44-/m0/s1. The van der Waals surface area contributed by atoms with E-state index in [-0.39, 0.29) is 50.2 Å². The summed E-state index contributed by atoms with van der Waals surface area (Å²) in [5.41, 5.74) is 0. The summed E-state index contributed by atoms with van der Waals surface area (Å²) in [7, 11) is 1.93. The van der Waals surface area contributed by atoms with Gasteiger partial charge in [0.25, 0.3) is 0 Å². The first kappa shape index (κ1) is 52.8. The summed E-state index contributed by atoms with van der Waals surface area (Å²) in [6.45, 7) is 8.84. The third-order valence-corrected chi connectivity index (χ3v) is 10.7. The molecule has 9 heteroatoms. The third-order valence-electron chi connectivity index (χ3n) is 10.7. The zero-order chi connectivity index (χ0) is 41.4. The Labute approximate surface area is 349 Å². The molecule has 1 heterocycles. The average Bonchev–Trinajstić information content (AvgIpc) is 3.65. The molecule has 1 rings (SSSR count). The lowest BCUT2D eigenvalue weighted by Crippen LogP contribution is -2.36. The molecule has 1 aliphatic rings. The Balaban J connectivity index is 2.48. The third kappa shape index (κ3) is 32.3. The van der Waals surface area contributed by atoms with E-state index in [2.05, 4.69) is 45.1 Å². The maximum atomic E-state index is 12.9. The topological polar surface area (TPSA) is 101 Å². The molecule has 0 saturated carbocycles. The van der Waals surface area contributed by atoms with E-state index in [1.165, 1.54) is 77.0 Å². The van der Waals surface area contributed by atoms with Crippen molar-refractivity contribution in [3.8, 4) is 0 Å². The van der Waals surface area contributed by atoms with Crippen LogP contribution in [0.4, 0.5) is 0 Å². The lowest BCUT2D eigenvalue weighted by molar-refractivity contribution is -0.162. The minimum atomic E-state index is -0.445. The van der Waals surface area contributed by atoms with Crippen LogP contribution in [-0.4, -0.2) is 81.8 Å². The molecule has 1 unspecified atom stereocenters. The quantitative estimate of drug-likeness (QED) is 0.0197. The molecular weight excluding hydrogens is 719 g/mol. The SMILES string of the molecule is CCCCC/C=C\C/C=C\CCCCCCCC(=O)OCC(COC(=O)CCC(OCCCCCCCC)OCCCCCCCC)COC(=O)[C@@H]1CCCN1C. The van der Waals surface area contributed by atoms with Gasteiger partial charge in [0.1, 0.15) is 25.9 Å². The van der Waals surface area contributed by atoms with Gasteiger partial charge in [-0.05, 0) is 77.8 Å². The molecule has 57 heavy (non-hydrogen) atoms. The van der Waals surface area contributed by atoms with Crippen LogP contribution in [0.15, 0.2) is 24.3 Å². The number of nitrogens with zero attached hydrogens (tertiary/aromatic N) is 1. The predicted octanol–water partition coefficient (Wildman–Crippen LogP) is 12.0. The van der Waals surface area contributed by atoms with Gasteiger partial charge in [-0.3, -0.25) is 19.3 Å². The summed E-state index contributed by atoms with van der Waals surface area (Å²) < 4.78 is 29.1. The van der Waals surface area contributed by atoms with Gasteiger partial charge in [-0.1, -0.05) is 141 Å². The molecule has 0 aromatic carbocycles. The molecule has 1 aliphatic heterocycles. The Morgan fingerprint density at radius 2 is 1.05 bits per heavy atom. The average molecular weight is 806 g/mol. The van der Waals surface area contributed by atoms with Crippen LogP contribution in [-0.2, 0) is 38.1 Å². The van der Waals surface area contributed by atoms with E-state index in [1.54, 1.807) is 0 Å². The minimum Gasteiger partial charge on any atom is -0.465 e. The summed E-state index contributed by atoms with van der Waals surface area (Å²) in [5.74, 6) is -1.36. The van der Waals surface area contributed by atoms with Crippen molar-refractivity contribution in [2.45, 2.75) is 213 Å². The molecule has 0 radical (unpaired) electrons. The van der Waals surface area contributed by atoms with Crippen molar-refractivity contribution in [3.63, 3.8) is 0 Å². The zero-order valence-electron chi connectivity index (χ0n) is 37.3.